The normalized spacial score (nSPS) is 10.7. The average molecular weight is 308 g/mol. The first-order valence-electron chi connectivity index (χ1n) is 7.79. The van der Waals surface area contributed by atoms with Crippen LogP contribution in [0.2, 0.25) is 0 Å². The molecular weight excluding hydrogens is 288 g/mol. The van der Waals surface area contributed by atoms with Crippen molar-refractivity contribution in [2.75, 3.05) is 6.61 Å². The predicted octanol–water partition coefficient (Wildman–Crippen LogP) is 3.43. The molecular formula is C19H20N2O2. The van der Waals surface area contributed by atoms with Gasteiger partial charge in [0, 0.05) is 23.6 Å². The van der Waals surface area contributed by atoms with E-state index in [4.69, 9.17) is 4.74 Å². The first-order chi connectivity index (χ1) is 11.3. The van der Waals surface area contributed by atoms with Crippen LogP contribution in [0.4, 0.5) is 0 Å². The zero-order chi connectivity index (χ0) is 16.1. The molecule has 23 heavy (non-hydrogen) atoms. The Balaban J connectivity index is 1.57. The minimum atomic E-state index is 0.0173. The van der Waals surface area contributed by atoms with E-state index >= 15 is 0 Å². The second-order valence-corrected chi connectivity index (χ2v) is 5.39. The number of carbonyl (C=O) groups excluding carboxylic acids is 1. The Kier molecular flexibility index (Phi) is 4.62. The Labute approximate surface area is 135 Å². The van der Waals surface area contributed by atoms with Crippen LogP contribution in [0, 0.1) is 0 Å². The lowest BCUT2D eigenvalue weighted by atomic mass is 10.1. The van der Waals surface area contributed by atoms with Gasteiger partial charge in [0.15, 0.2) is 0 Å². The molecule has 0 spiro atoms. The van der Waals surface area contributed by atoms with E-state index in [9.17, 15) is 4.79 Å². The molecule has 0 aliphatic carbocycles. The Morgan fingerprint density at radius 2 is 1.91 bits per heavy atom. The van der Waals surface area contributed by atoms with Crippen molar-refractivity contribution in [2.45, 2.75) is 19.9 Å². The van der Waals surface area contributed by atoms with Crippen LogP contribution in [-0.2, 0) is 17.8 Å². The molecule has 0 radical (unpaired) electrons. The summed E-state index contributed by atoms with van der Waals surface area (Å²) in [4.78, 5) is 15.3. The Hall–Kier alpha value is -2.75. The van der Waals surface area contributed by atoms with Crippen LogP contribution in [0.25, 0.3) is 10.9 Å². The van der Waals surface area contributed by atoms with Gasteiger partial charge in [0.1, 0.15) is 5.75 Å². The zero-order valence-electron chi connectivity index (χ0n) is 13.1. The number of nitrogens with one attached hydrogen (secondary N) is 2. The molecule has 0 fully saturated rings. The Bertz CT molecular complexity index is 790. The summed E-state index contributed by atoms with van der Waals surface area (Å²) in [5, 5.41) is 4.06. The topological polar surface area (TPSA) is 54.1 Å². The molecule has 4 heteroatoms. The minimum Gasteiger partial charge on any atom is -0.494 e. The maximum absolute atomic E-state index is 12.1. The molecule has 0 aliphatic heterocycles. The molecule has 1 heterocycles. The Morgan fingerprint density at radius 1 is 1.13 bits per heavy atom. The number of rotatable bonds is 6. The largest absolute Gasteiger partial charge is 0.494 e. The van der Waals surface area contributed by atoms with E-state index in [0.29, 0.717) is 19.6 Å². The standard InChI is InChI=1S/C19H20N2O2/c1-2-23-16-9-7-14(8-10-16)12-21-19(22)11-15-13-20-18-6-4-3-5-17(15)18/h3-10,13,20H,2,11-12H2,1H3,(H,21,22). The quantitative estimate of drug-likeness (QED) is 0.733. The van der Waals surface area contributed by atoms with E-state index in [1.807, 2.05) is 61.7 Å². The molecule has 0 bridgehead atoms. The predicted molar refractivity (Wildman–Crippen MR) is 91.5 cm³/mol. The summed E-state index contributed by atoms with van der Waals surface area (Å²) in [5.41, 5.74) is 3.13. The fourth-order valence-corrected chi connectivity index (χ4v) is 2.58. The van der Waals surface area contributed by atoms with E-state index in [2.05, 4.69) is 10.3 Å². The summed E-state index contributed by atoms with van der Waals surface area (Å²) in [7, 11) is 0. The number of aromatic amines is 1. The highest BCUT2D eigenvalue weighted by atomic mass is 16.5. The van der Waals surface area contributed by atoms with Gasteiger partial charge in [0.05, 0.1) is 13.0 Å². The molecule has 3 rings (SSSR count). The molecule has 3 aromatic rings. The summed E-state index contributed by atoms with van der Waals surface area (Å²) >= 11 is 0. The van der Waals surface area contributed by atoms with Gasteiger partial charge in [0.2, 0.25) is 5.91 Å². The molecule has 0 unspecified atom stereocenters. The van der Waals surface area contributed by atoms with Crippen molar-refractivity contribution in [3.05, 3.63) is 65.9 Å². The molecule has 2 aromatic carbocycles. The third-order valence-corrected chi connectivity index (χ3v) is 3.75. The number of H-pyrrole nitrogens is 1. The average Bonchev–Trinajstić information content (AvgIpc) is 2.98. The molecule has 1 amide bonds. The van der Waals surface area contributed by atoms with Crippen molar-refractivity contribution in [3.63, 3.8) is 0 Å². The van der Waals surface area contributed by atoms with Crippen molar-refractivity contribution in [1.82, 2.24) is 10.3 Å². The van der Waals surface area contributed by atoms with E-state index in [1.165, 1.54) is 0 Å². The molecule has 2 N–H and O–H groups in total. The fraction of sp³-hybridized carbons (Fsp3) is 0.211. The lowest BCUT2D eigenvalue weighted by Gasteiger charge is -2.07. The number of benzene rings is 2. The summed E-state index contributed by atoms with van der Waals surface area (Å²) < 4.78 is 5.41. The van der Waals surface area contributed by atoms with Gasteiger partial charge >= 0.3 is 0 Å². The van der Waals surface area contributed by atoms with Gasteiger partial charge in [-0.25, -0.2) is 0 Å². The zero-order valence-corrected chi connectivity index (χ0v) is 13.1. The smallest absolute Gasteiger partial charge is 0.224 e. The monoisotopic (exact) mass is 308 g/mol. The lowest BCUT2D eigenvalue weighted by Crippen LogP contribution is -2.24. The number of hydrogen-bond acceptors (Lipinski definition) is 2. The van der Waals surface area contributed by atoms with Crippen LogP contribution in [-0.4, -0.2) is 17.5 Å². The molecule has 0 aliphatic rings. The highest BCUT2D eigenvalue weighted by molar-refractivity contribution is 5.88. The van der Waals surface area contributed by atoms with Crippen LogP contribution < -0.4 is 10.1 Å². The minimum absolute atomic E-state index is 0.0173. The van der Waals surface area contributed by atoms with Gasteiger partial charge in [-0.3, -0.25) is 4.79 Å². The summed E-state index contributed by atoms with van der Waals surface area (Å²) in [6, 6.07) is 15.8. The van der Waals surface area contributed by atoms with Crippen molar-refractivity contribution < 1.29 is 9.53 Å². The number of para-hydroxylation sites is 1. The lowest BCUT2D eigenvalue weighted by molar-refractivity contribution is -0.120. The van der Waals surface area contributed by atoms with Crippen LogP contribution in [0.1, 0.15) is 18.1 Å². The fourth-order valence-electron chi connectivity index (χ4n) is 2.58. The molecule has 118 valence electrons. The van der Waals surface area contributed by atoms with Gasteiger partial charge in [-0.15, -0.1) is 0 Å². The second-order valence-electron chi connectivity index (χ2n) is 5.39. The molecule has 0 saturated heterocycles. The SMILES string of the molecule is CCOc1ccc(CNC(=O)Cc2c[nH]c3ccccc23)cc1. The van der Waals surface area contributed by atoms with Gasteiger partial charge in [0.25, 0.3) is 0 Å². The number of amides is 1. The molecule has 1 aromatic heterocycles. The summed E-state index contributed by atoms with van der Waals surface area (Å²) in [5.74, 6) is 0.866. The van der Waals surface area contributed by atoms with Crippen LogP contribution in [0.15, 0.2) is 54.7 Å². The highest BCUT2D eigenvalue weighted by Gasteiger charge is 2.08. The van der Waals surface area contributed by atoms with Crippen molar-refractivity contribution in [2.24, 2.45) is 0 Å². The number of carbonyl (C=O) groups is 1. The Morgan fingerprint density at radius 3 is 2.70 bits per heavy atom. The first-order valence-corrected chi connectivity index (χ1v) is 7.79. The number of hydrogen-bond donors (Lipinski definition) is 2. The number of ether oxygens (including phenoxy) is 1. The van der Waals surface area contributed by atoms with Gasteiger partial charge in [-0.1, -0.05) is 30.3 Å². The highest BCUT2D eigenvalue weighted by Crippen LogP contribution is 2.18. The maximum Gasteiger partial charge on any atom is 0.224 e. The second kappa shape index (κ2) is 7.01. The third-order valence-electron chi connectivity index (χ3n) is 3.75. The molecule has 4 nitrogen and oxygen atoms in total. The number of aromatic nitrogens is 1. The van der Waals surface area contributed by atoms with Crippen molar-refractivity contribution >= 4 is 16.8 Å². The molecule has 0 atom stereocenters. The van der Waals surface area contributed by atoms with Gasteiger partial charge < -0.3 is 15.0 Å². The molecule has 0 saturated carbocycles. The number of fused-ring (bicyclic) bond motifs is 1. The van der Waals surface area contributed by atoms with Crippen molar-refractivity contribution in [1.29, 1.82) is 0 Å². The summed E-state index contributed by atoms with van der Waals surface area (Å²) in [6.07, 6.45) is 2.28. The van der Waals surface area contributed by atoms with Gasteiger partial charge in [-0.05, 0) is 36.2 Å². The van der Waals surface area contributed by atoms with Crippen molar-refractivity contribution in [3.8, 4) is 5.75 Å². The van der Waals surface area contributed by atoms with E-state index in [0.717, 1.165) is 27.8 Å². The third kappa shape index (κ3) is 3.72. The van der Waals surface area contributed by atoms with E-state index in [-0.39, 0.29) is 5.91 Å². The van der Waals surface area contributed by atoms with E-state index in [1.54, 1.807) is 0 Å². The first kappa shape index (κ1) is 15.2. The maximum atomic E-state index is 12.1. The van der Waals surface area contributed by atoms with Crippen LogP contribution >= 0.6 is 0 Å². The van der Waals surface area contributed by atoms with E-state index < -0.39 is 0 Å². The van der Waals surface area contributed by atoms with Gasteiger partial charge in [-0.2, -0.15) is 0 Å². The van der Waals surface area contributed by atoms with Crippen LogP contribution in [0.3, 0.4) is 0 Å². The summed E-state index contributed by atoms with van der Waals surface area (Å²) in [6.45, 7) is 3.13. The van der Waals surface area contributed by atoms with Crippen LogP contribution in [0.5, 0.6) is 5.75 Å².